The monoisotopic (exact) mass is 434 g/mol. The number of hydrogen-bond donors (Lipinski definition) is 0. The van der Waals surface area contributed by atoms with Crippen LogP contribution in [0.25, 0.3) is 5.57 Å². The zero-order chi connectivity index (χ0) is 19.9. The van der Waals surface area contributed by atoms with Gasteiger partial charge in [0.1, 0.15) is 0 Å². The molecule has 0 aromatic heterocycles. The molecule has 2 nitrogen and oxygen atoms in total. The van der Waals surface area contributed by atoms with E-state index in [2.05, 4.69) is 53.2 Å². The van der Waals surface area contributed by atoms with E-state index in [1.807, 2.05) is 60.7 Å². The van der Waals surface area contributed by atoms with Gasteiger partial charge in [-0.2, -0.15) is 0 Å². The zero-order valence-corrected chi connectivity index (χ0v) is 17.6. The molecule has 0 amide bonds. The maximum Gasteiger partial charge on any atom is 0.313 e. The summed E-state index contributed by atoms with van der Waals surface area (Å²) in [5, 5.41) is 0. The molecule has 3 heteroatoms. The molecular weight excluding hydrogens is 412 g/mol. The Kier molecular flexibility index (Phi) is 6.83. The van der Waals surface area contributed by atoms with Gasteiger partial charge in [0.15, 0.2) is 0 Å². The molecule has 0 spiro atoms. The van der Waals surface area contributed by atoms with Gasteiger partial charge in [0, 0.05) is 4.47 Å². The molecule has 0 fully saturated rings. The summed E-state index contributed by atoms with van der Waals surface area (Å²) < 4.78 is 6.11. The summed E-state index contributed by atoms with van der Waals surface area (Å²) in [6, 6.07) is 28.4. The SMILES string of the molecule is COC(=O)[C@@H](c1ccc(Br)cc1)[C@@H](C)C=C(c1ccccc1)c1ccccc1. The minimum absolute atomic E-state index is 0.0518. The molecule has 2 atom stereocenters. The second kappa shape index (κ2) is 9.52. The maximum absolute atomic E-state index is 12.6. The fraction of sp³-hybridized carbons (Fsp3) is 0.160. The number of halogens is 1. The molecule has 0 aliphatic carbocycles. The number of hydrogen-bond acceptors (Lipinski definition) is 2. The number of carbonyl (C=O) groups is 1. The molecule has 3 aromatic rings. The van der Waals surface area contributed by atoms with Crippen molar-refractivity contribution in [1.82, 2.24) is 0 Å². The van der Waals surface area contributed by atoms with Crippen LogP contribution in [0.15, 0.2) is 95.5 Å². The van der Waals surface area contributed by atoms with Crippen LogP contribution in [0.4, 0.5) is 0 Å². The average Bonchev–Trinajstić information content (AvgIpc) is 2.74. The van der Waals surface area contributed by atoms with Gasteiger partial charge in [-0.25, -0.2) is 0 Å². The molecular formula is C25H23BrO2. The van der Waals surface area contributed by atoms with Gasteiger partial charge in [-0.15, -0.1) is 0 Å². The Morgan fingerprint density at radius 3 is 1.82 bits per heavy atom. The van der Waals surface area contributed by atoms with Gasteiger partial charge in [0.2, 0.25) is 0 Å². The Morgan fingerprint density at radius 2 is 1.36 bits per heavy atom. The first-order chi connectivity index (χ1) is 13.6. The number of esters is 1. The lowest BCUT2D eigenvalue weighted by Crippen LogP contribution is -2.20. The summed E-state index contributed by atoms with van der Waals surface area (Å²) in [7, 11) is 1.44. The van der Waals surface area contributed by atoms with Gasteiger partial charge in [-0.1, -0.05) is 102 Å². The molecule has 0 N–H and O–H groups in total. The third-order valence-electron chi connectivity index (χ3n) is 4.81. The van der Waals surface area contributed by atoms with Crippen LogP contribution < -0.4 is 0 Å². The molecule has 0 aliphatic rings. The first kappa shape index (κ1) is 20.1. The van der Waals surface area contributed by atoms with Crippen LogP contribution in [0.5, 0.6) is 0 Å². The van der Waals surface area contributed by atoms with Crippen LogP contribution in [-0.2, 0) is 9.53 Å². The largest absolute Gasteiger partial charge is 0.469 e. The summed E-state index contributed by atoms with van der Waals surface area (Å²) in [5.74, 6) is -0.656. The fourth-order valence-electron chi connectivity index (χ4n) is 3.41. The minimum atomic E-state index is -0.375. The Balaban J connectivity index is 2.06. The molecule has 3 rings (SSSR count). The second-order valence-electron chi connectivity index (χ2n) is 6.72. The number of rotatable bonds is 6. The van der Waals surface area contributed by atoms with Gasteiger partial charge in [-0.05, 0) is 40.3 Å². The predicted molar refractivity (Wildman–Crippen MR) is 118 cm³/mol. The average molecular weight is 435 g/mol. The lowest BCUT2D eigenvalue weighted by atomic mass is 9.84. The van der Waals surface area contributed by atoms with Crippen LogP contribution >= 0.6 is 15.9 Å². The van der Waals surface area contributed by atoms with E-state index in [9.17, 15) is 4.79 Å². The molecule has 142 valence electrons. The molecule has 0 aliphatic heterocycles. The van der Waals surface area contributed by atoms with E-state index < -0.39 is 0 Å². The molecule has 3 aromatic carbocycles. The first-order valence-corrected chi connectivity index (χ1v) is 10.1. The summed E-state index contributed by atoms with van der Waals surface area (Å²) in [6.07, 6.45) is 2.17. The molecule has 0 unspecified atom stereocenters. The molecule has 28 heavy (non-hydrogen) atoms. The van der Waals surface area contributed by atoms with Crippen molar-refractivity contribution in [3.8, 4) is 0 Å². The highest BCUT2D eigenvalue weighted by atomic mass is 79.9. The summed E-state index contributed by atoms with van der Waals surface area (Å²) >= 11 is 3.46. The number of allylic oxidation sites excluding steroid dienone is 1. The summed E-state index contributed by atoms with van der Waals surface area (Å²) in [5.41, 5.74) is 4.30. The Labute approximate surface area is 175 Å². The highest BCUT2D eigenvalue weighted by molar-refractivity contribution is 9.10. The third-order valence-corrected chi connectivity index (χ3v) is 5.34. The highest BCUT2D eigenvalue weighted by Gasteiger charge is 2.27. The van der Waals surface area contributed by atoms with Crippen LogP contribution in [0.2, 0.25) is 0 Å². The molecule has 0 saturated carbocycles. The van der Waals surface area contributed by atoms with Gasteiger partial charge in [-0.3, -0.25) is 4.79 Å². The summed E-state index contributed by atoms with van der Waals surface area (Å²) in [6.45, 7) is 2.06. The van der Waals surface area contributed by atoms with Gasteiger partial charge in [0.25, 0.3) is 0 Å². The van der Waals surface area contributed by atoms with Crippen molar-refractivity contribution < 1.29 is 9.53 Å². The van der Waals surface area contributed by atoms with Crippen LogP contribution in [0.3, 0.4) is 0 Å². The lowest BCUT2D eigenvalue weighted by molar-refractivity contribution is -0.143. The molecule has 0 radical (unpaired) electrons. The van der Waals surface area contributed by atoms with E-state index in [1.54, 1.807) is 0 Å². The van der Waals surface area contributed by atoms with Crippen molar-refractivity contribution >= 4 is 27.5 Å². The van der Waals surface area contributed by atoms with Crippen LogP contribution in [0.1, 0.15) is 29.5 Å². The number of ether oxygens (including phenoxy) is 1. The predicted octanol–water partition coefficient (Wildman–Crippen LogP) is 6.47. The minimum Gasteiger partial charge on any atom is -0.469 e. The molecule has 0 saturated heterocycles. The first-order valence-electron chi connectivity index (χ1n) is 9.26. The van der Waals surface area contributed by atoms with Crippen LogP contribution in [-0.4, -0.2) is 13.1 Å². The fourth-order valence-corrected chi connectivity index (χ4v) is 3.67. The van der Waals surface area contributed by atoms with E-state index in [0.717, 1.165) is 26.7 Å². The Bertz CT molecular complexity index is 890. The van der Waals surface area contributed by atoms with E-state index in [1.165, 1.54) is 7.11 Å². The standard InChI is InChI=1S/C25H23BrO2/c1-18(24(25(27)28-2)21-13-15-22(26)16-14-21)17-23(19-9-5-3-6-10-19)20-11-7-4-8-12-20/h3-18,24H,1-2H3/t18-,24+/m0/s1. The van der Waals surface area contributed by atoms with Gasteiger partial charge < -0.3 is 4.74 Å². The van der Waals surface area contributed by atoms with E-state index in [4.69, 9.17) is 4.74 Å². The van der Waals surface area contributed by atoms with Crippen molar-refractivity contribution in [3.63, 3.8) is 0 Å². The lowest BCUT2D eigenvalue weighted by Gasteiger charge is -2.21. The van der Waals surface area contributed by atoms with Gasteiger partial charge in [0.05, 0.1) is 13.0 Å². The van der Waals surface area contributed by atoms with Crippen molar-refractivity contribution in [1.29, 1.82) is 0 Å². The summed E-state index contributed by atoms with van der Waals surface area (Å²) in [4.78, 5) is 12.6. The Hall–Kier alpha value is -2.65. The van der Waals surface area contributed by atoms with Crippen molar-refractivity contribution in [2.24, 2.45) is 5.92 Å². The van der Waals surface area contributed by atoms with Crippen molar-refractivity contribution in [2.45, 2.75) is 12.8 Å². The molecule has 0 heterocycles. The molecule has 0 bridgehead atoms. The number of carbonyl (C=O) groups excluding carboxylic acids is 1. The maximum atomic E-state index is 12.6. The van der Waals surface area contributed by atoms with Crippen molar-refractivity contribution in [3.05, 3.63) is 112 Å². The topological polar surface area (TPSA) is 26.3 Å². The zero-order valence-electron chi connectivity index (χ0n) is 16.0. The van der Waals surface area contributed by atoms with Crippen LogP contribution in [0, 0.1) is 5.92 Å². The number of methoxy groups -OCH3 is 1. The second-order valence-corrected chi connectivity index (χ2v) is 7.64. The third kappa shape index (κ3) is 4.79. The smallest absolute Gasteiger partial charge is 0.313 e. The number of benzene rings is 3. The Morgan fingerprint density at radius 1 is 0.857 bits per heavy atom. The van der Waals surface area contributed by atoms with E-state index >= 15 is 0 Å². The normalized spacial score (nSPS) is 12.7. The van der Waals surface area contributed by atoms with E-state index in [-0.39, 0.29) is 17.8 Å². The van der Waals surface area contributed by atoms with Gasteiger partial charge >= 0.3 is 5.97 Å². The highest BCUT2D eigenvalue weighted by Crippen LogP contribution is 2.32. The van der Waals surface area contributed by atoms with Crippen molar-refractivity contribution in [2.75, 3.05) is 7.11 Å². The quantitative estimate of drug-likeness (QED) is 0.415. The van der Waals surface area contributed by atoms with E-state index in [0.29, 0.717) is 0 Å².